The monoisotopic (exact) mass is 304 g/mol. The Morgan fingerprint density at radius 1 is 1.05 bits per heavy atom. The highest BCUT2D eigenvalue weighted by Crippen LogP contribution is 2.34. The van der Waals surface area contributed by atoms with Gasteiger partial charge in [0.2, 0.25) is 0 Å². The summed E-state index contributed by atoms with van der Waals surface area (Å²) < 4.78 is 6.13. The van der Waals surface area contributed by atoms with Gasteiger partial charge in [-0.1, -0.05) is 46.4 Å². The fraction of sp³-hybridized carbons (Fsp3) is 1.00. The lowest BCUT2D eigenvalue weighted by molar-refractivity contribution is 0.207. The van der Waals surface area contributed by atoms with Crippen LogP contribution in [-0.2, 0) is 0 Å². The van der Waals surface area contributed by atoms with Crippen molar-refractivity contribution >= 4 is 25.6 Å². The van der Waals surface area contributed by atoms with Crippen molar-refractivity contribution in [2.45, 2.75) is 65.3 Å². The zero-order valence-corrected chi connectivity index (χ0v) is 14.5. The lowest BCUT2D eigenvalue weighted by Crippen LogP contribution is -2.29. The first kappa shape index (κ1) is 17.7. The molecule has 0 bridgehead atoms. The van der Waals surface area contributed by atoms with Gasteiger partial charge in [-0.3, -0.25) is 9.44 Å². The molecule has 0 amide bonds. The van der Waals surface area contributed by atoms with Crippen LogP contribution in [0.25, 0.3) is 0 Å². The van der Waals surface area contributed by atoms with E-state index in [1.807, 2.05) is 0 Å². The molecule has 0 spiro atoms. The molecule has 2 N–H and O–H groups in total. The molecule has 0 saturated heterocycles. The van der Waals surface area contributed by atoms with Gasteiger partial charge in [0.1, 0.15) is 0 Å². The smallest absolute Gasteiger partial charge is 0.0169 e. The molecule has 19 heavy (non-hydrogen) atoms. The molecule has 1 rings (SSSR count). The van der Waals surface area contributed by atoms with Gasteiger partial charge in [-0.05, 0) is 62.2 Å². The SMILES string of the molecule is CC(CNS)CC(CC1CCC(NS)CC1)C(C)C. The number of hydrogen-bond donors (Lipinski definition) is 4. The first-order valence-corrected chi connectivity index (χ1v) is 8.72. The molecule has 2 atom stereocenters. The predicted octanol–water partition coefficient (Wildman–Crippen LogP) is 4.10. The summed E-state index contributed by atoms with van der Waals surface area (Å²) >= 11 is 8.32. The van der Waals surface area contributed by atoms with E-state index in [9.17, 15) is 0 Å². The van der Waals surface area contributed by atoms with E-state index in [2.05, 4.69) is 55.8 Å². The van der Waals surface area contributed by atoms with E-state index in [-0.39, 0.29) is 0 Å². The molecule has 1 aliphatic carbocycles. The molecule has 2 nitrogen and oxygen atoms in total. The fourth-order valence-corrected chi connectivity index (χ4v) is 3.92. The van der Waals surface area contributed by atoms with Crippen molar-refractivity contribution in [1.29, 1.82) is 0 Å². The highest BCUT2D eigenvalue weighted by Gasteiger charge is 2.25. The highest BCUT2D eigenvalue weighted by molar-refractivity contribution is 7.78. The van der Waals surface area contributed by atoms with E-state index in [0.717, 1.165) is 30.2 Å². The van der Waals surface area contributed by atoms with E-state index in [1.54, 1.807) is 0 Å². The summed E-state index contributed by atoms with van der Waals surface area (Å²) in [6.45, 7) is 8.11. The van der Waals surface area contributed by atoms with Gasteiger partial charge in [0.05, 0.1) is 0 Å². The van der Waals surface area contributed by atoms with Gasteiger partial charge in [-0.15, -0.1) is 0 Å². The maximum Gasteiger partial charge on any atom is 0.0169 e. The van der Waals surface area contributed by atoms with Crippen molar-refractivity contribution in [3.8, 4) is 0 Å². The Kier molecular flexibility index (Phi) is 8.87. The van der Waals surface area contributed by atoms with Crippen LogP contribution in [0.3, 0.4) is 0 Å². The molecule has 1 aliphatic rings. The van der Waals surface area contributed by atoms with E-state index in [1.165, 1.54) is 38.5 Å². The summed E-state index contributed by atoms with van der Waals surface area (Å²) in [5.41, 5.74) is 0. The highest BCUT2D eigenvalue weighted by atomic mass is 32.1. The molecule has 114 valence electrons. The predicted molar refractivity (Wildman–Crippen MR) is 91.6 cm³/mol. The molecule has 0 aromatic carbocycles. The van der Waals surface area contributed by atoms with Gasteiger partial charge in [-0.2, -0.15) is 0 Å². The Morgan fingerprint density at radius 3 is 2.16 bits per heavy atom. The van der Waals surface area contributed by atoms with Crippen molar-refractivity contribution < 1.29 is 0 Å². The van der Waals surface area contributed by atoms with Gasteiger partial charge in [0.25, 0.3) is 0 Å². The van der Waals surface area contributed by atoms with Crippen molar-refractivity contribution in [1.82, 2.24) is 9.44 Å². The van der Waals surface area contributed by atoms with Gasteiger partial charge in [0.15, 0.2) is 0 Å². The van der Waals surface area contributed by atoms with Crippen molar-refractivity contribution in [3.05, 3.63) is 0 Å². The molecular weight excluding hydrogens is 272 g/mol. The third-order valence-corrected chi connectivity index (χ3v) is 5.30. The molecular formula is C15H32N2S2. The fourth-order valence-electron chi connectivity index (χ4n) is 3.35. The second kappa shape index (κ2) is 9.54. The van der Waals surface area contributed by atoms with Crippen LogP contribution in [0.2, 0.25) is 0 Å². The van der Waals surface area contributed by atoms with Crippen LogP contribution in [0.15, 0.2) is 0 Å². The van der Waals surface area contributed by atoms with Crippen LogP contribution < -0.4 is 9.44 Å². The molecule has 0 aromatic heterocycles. The average molecular weight is 305 g/mol. The summed E-state index contributed by atoms with van der Waals surface area (Å²) in [4.78, 5) is 0. The zero-order chi connectivity index (χ0) is 14.3. The standard InChI is InChI=1S/C15H32N2S2/c1-11(2)14(8-12(3)10-16-18)9-13-4-6-15(17-19)7-5-13/h11-19H,4-10H2,1-3H3. The summed E-state index contributed by atoms with van der Waals surface area (Å²) in [5, 5.41) is 0. The largest absolute Gasteiger partial charge is 0.267 e. The first-order valence-electron chi connectivity index (χ1n) is 7.83. The minimum Gasteiger partial charge on any atom is -0.267 e. The lowest BCUT2D eigenvalue weighted by atomic mass is 9.75. The summed E-state index contributed by atoms with van der Waals surface area (Å²) in [6, 6.07) is 0.643. The number of thiol groups is 2. The van der Waals surface area contributed by atoms with E-state index in [0.29, 0.717) is 6.04 Å². The van der Waals surface area contributed by atoms with Crippen LogP contribution >= 0.6 is 25.6 Å². The Balaban J connectivity index is 2.37. The molecule has 0 aromatic rings. The van der Waals surface area contributed by atoms with Gasteiger partial charge >= 0.3 is 0 Å². The quantitative estimate of drug-likeness (QED) is 0.508. The van der Waals surface area contributed by atoms with E-state index in [4.69, 9.17) is 0 Å². The van der Waals surface area contributed by atoms with Crippen LogP contribution in [0.5, 0.6) is 0 Å². The van der Waals surface area contributed by atoms with Gasteiger partial charge < -0.3 is 0 Å². The third kappa shape index (κ3) is 6.74. The Labute approximate surface area is 131 Å². The normalized spacial score (nSPS) is 27.5. The number of hydrogen-bond acceptors (Lipinski definition) is 4. The molecule has 0 radical (unpaired) electrons. The zero-order valence-electron chi connectivity index (χ0n) is 12.7. The minimum absolute atomic E-state index is 0.643. The minimum atomic E-state index is 0.643. The lowest BCUT2D eigenvalue weighted by Gasteiger charge is -2.33. The molecule has 2 unspecified atom stereocenters. The second-order valence-corrected chi connectivity index (χ2v) is 7.36. The number of rotatable bonds is 8. The molecule has 1 saturated carbocycles. The third-order valence-electron chi connectivity index (χ3n) is 4.75. The van der Waals surface area contributed by atoms with Crippen molar-refractivity contribution in [3.63, 3.8) is 0 Å². The van der Waals surface area contributed by atoms with Gasteiger partial charge in [-0.25, -0.2) is 0 Å². The maximum absolute atomic E-state index is 4.20. The van der Waals surface area contributed by atoms with Gasteiger partial charge in [0, 0.05) is 12.6 Å². The average Bonchev–Trinajstić information content (AvgIpc) is 2.39. The first-order chi connectivity index (χ1) is 9.06. The Morgan fingerprint density at radius 2 is 1.68 bits per heavy atom. The summed E-state index contributed by atoms with van der Waals surface area (Å²) in [7, 11) is 0. The summed E-state index contributed by atoms with van der Waals surface area (Å²) in [5.74, 6) is 3.31. The maximum atomic E-state index is 4.20. The Hall–Kier alpha value is 0.620. The van der Waals surface area contributed by atoms with Crippen molar-refractivity contribution in [2.24, 2.45) is 23.7 Å². The molecule has 4 heteroatoms. The van der Waals surface area contributed by atoms with E-state index >= 15 is 0 Å². The number of nitrogens with one attached hydrogen (secondary N) is 2. The van der Waals surface area contributed by atoms with E-state index < -0.39 is 0 Å². The second-order valence-electron chi connectivity index (χ2n) is 6.79. The Bertz CT molecular complexity index is 228. The van der Waals surface area contributed by atoms with Crippen LogP contribution in [0.4, 0.5) is 0 Å². The van der Waals surface area contributed by atoms with Crippen LogP contribution in [0.1, 0.15) is 59.3 Å². The molecule has 0 aliphatic heterocycles. The molecule has 0 heterocycles. The van der Waals surface area contributed by atoms with Crippen molar-refractivity contribution in [2.75, 3.05) is 6.54 Å². The molecule has 1 fully saturated rings. The van der Waals surface area contributed by atoms with Crippen LogP contribution in [0, 0.1) is 23.7 Å². The summed E-state index contributed by atoms with van der Waals surface area (Å²) in [6.07, 6.45) is 8.09. The topological polar surface area (TPSA) is 24.1 Å². The van der Waals surface area contributed by atoms with Crippen LogP contribution in [-0.4, -0.2) is 12.6 Å².